The summed E-state index contributed by atoms with van der Waals surface area (Å²) in [6.45, 7) is 2.40. The van der Waals surface area contributed by atoms with Gasteiger partial charge in [0.1, 0.15) is 0 Å². The molecule has 106 valence electrons. The highest BCUT2D eigenvalue weighted by atomic mass is 32.1. The predicted molar refractivity (Wildman–Crippen MR) is 80.7 cm³/mol. The Labute approximate surface area is 122 Å². The van der Waals surface area contributed by atoms with Crippen LogP contribution in [0.3, 0.4) is 0 Å². The van der Waals surface area contributed by atoms with Crippen LogP contribution in [-0.4, -0.2) is 17.7 Å². The second-order valence-electron chi connectivity index (χ2n) is 4.49. The van der Waals surface area contributed by atoms with Crippen LogP contribution in [0.1, 0.15) is 21.4 Å². The molecular formula is C15H18N2O2S. The second-order valence-corrected chi connectivity index (χ2v) is 5.86. The fourth-order valence-electron chi connectivity index (χ4n) is 1.88. The van der Waals surface area contributed by atoms with Crippen molar-refractivity contribution < 1.29 is 9.90 Å². The van der Waals surface area contributed by atoms with Crippen molar-refractivity contribution in [3.63, 3.8) is 0 Å². The van der Waals surface area contributed by atoms with Gasteiger partial charge in [0.2, 0.25) is 0 Å². The first-order valence-electron chi connectivity index (χ1n) is 6.44. The smallest absolute Gasteiger partial charge is 0.315 e. The molecule has 5 heteroatoms. The number of aryl methyl sites for hydroxylation is 1. The third kappa shape index (κ3) is 4.08. The van der Waals surface area contributed by atoms with Crippen LogP contribution >= 0.6 is 11.3 Å². The summed E-state index contributed by atoms with van der Waals surface area (Å²) >= 11 is 1.66. The first-order valence-corrected chi connectivity index (χ1v) is 7.26. The van der Waals surface area contributed by atoms with E-state index in [2.05, 4.69) is 10.6 Å². The van der Waals surface area contributed by atoms with Crippen LogP contribution < -0.4 is 10.6 Å². The molecule has 2 amide bonds. The monoisotopic (exact) mass is 290 g/mol. The van der Waals surface area contributed by atoms with Crippen LogP contribution in [0, 0.1) is 6.92 Å². The molecule has 0 aliphatic carbocycles. The molecule has 3 N–H and O–H groups in total. The minimum absolute atomic E-state index is 0.129. The van der Waals surface area contributed by atoms with Crippen LogP contribution in [0.5, 0.6) is 0 Å². The van der Waals surface area contributed by atoms with Gasteiger partial charge in [-0.25, -0.2) is 4.79 Å². The minimum Gasteiger partial charge on any atom is -0.394 e. The molecule has 20 heavy (non-hydrogen) atoms. The summed E-state index contributed by atoms with van der Waals surface area (Å²) in [5.41, 5.74) is 0.886. The summed E-state index contributed by atoms with van der Waals surface area (Å²) in [7, 11) is 0. The van der Waals surface area contributed by atoms with E-state index in [0.29, 0.717) is 6.54 Å². The van der Waals surface area contributed by atoms with E-state index in [1.165, 1.54) is 4.88 Å². The van der Waals surface area contributed by atoms with Gasteiger partial charge in [-0.15, -0.1) is 11.3 Å². The molecule has 0 unspecified atom stereocenters. The lowest BCUT2D eigenvalue weighted by Gasteiger charge is -2.17. The van der Waals surface area contributed by atoms with Crippen molar-refractivity contribution in [1.29, 1.82) is 0 Å². The first kappa shape index (κ1) is 14.6. The van der Waals surface area contributed by atoms with Gasteiger partial charge < -0.3 is 15.7 Å². The summed E-state index contributed by atoms with van der Waals surface area (Å²) in [4.78, 5) is 14.2. The number of carbonyl (C=O) groups excluding carboxylic acids is 1. The van der Waals surface area contributed by atoms with Gasteiger partial charge in [-0.3, -0.25) is 0 Å². The van der Waals surface area contributed by atoms with E-state index in [9.17, 15) is 9.90 Å². The molecule has 0 fully saturated rings. The zero-order chi connectivity index (χ0) is 14.4. The molecular weight excluding hydrogens is 272 g/mol. The molecule has 2 aromatic rings. The third-order valence-electron chi connectivity index (χ3n) is 2.91. The van der Waals surface area contributed by atoms with Crippen molar-refractivity contribution in [3.8, 4) is 0 Å². The molecule has 1 aromatic carbocycles. The molecule has 0 aliphatic heterocycles. The Kier molecular flexibility index (Phi) is 5.15. The highest BCUT2D eigenvalue weighted by Crippen LogP contribution is 2.15. The number of carbonyl (C=O) groups is 1. The lowest BCUT2D eigenvalue weighted by atomic mass is 10.1. The van der Waals surface area contributed by atoms with Crippen LogP contribution in [0.4, 0.5) is 4.79 Å². The van der Waals surface area contributed by atoms with Gasteiger partial charge in [-0.2, -0.15) is 0 Å². The summed E-state index contributed by atoms with van der Waals surface area (Å²) in [5, 5.41) is 14.9. The Morgan fingerprint density at radius 3 is 2.60 bits per heavy atom. The van der Waals surface area contributed by atoms with E-state index < -0.39 is 0 Å². The maximum Gasteiger partial charge on any atom is 0.315 e. The molecule has 0 saturated carbocycles. The summed E-state index contributed by atoms with van der Waals surface area (Å²) in [6.07, 6.45) is 0. The van der Waals surface area contributed by atoms with E-state index in [1.54, 1.807) is 11.3 Å². The van der Waals surface area contributed by atoms with E-state index in [4.69, 9.17) is 0 Å². The first-order chi connectivity index (χ1) is 9.69. The van der Waals surface area contributed by atoms with E-state index in [1.807, 2.05) is 49.4 Å². The summed E-state index contributed by atoms with van der Waals surface area (Å²) < 4.78 is 0. The van der Waals surface area contributed by atoms with Crippen LogP contribution in [-0.2, 0) is 6.54 Å². The number of hydrogen-bond donors (Lipinski definition) is 3. The summed E-state index contributed by atoms with van der Waals surface area (Å²) in [6, 6.07) is 12.8. The standard InChI is InChI=1S/C15H18N2O2S/c1-11-7-8-13(20-11)9-16-15(19)17-14(10-18)12-5-3-2-4-6-12/h2-8,14,18H,9-10H2,1H3,(H2,16,17,19)/t14-/m1/s1. The van der Waals surface area contributed by atoms with Crippen LogP contribution in [0.15, 0.2) is 42.5 Å². The minimum atomic E-state index is -0.388. The van der Waals surface area contributed by atoms with Gasteiger partial charge in [-0.1, -0.05) is 30.3 Å². The number of amides is 2. The quantitative estimate of drug-likeness (QED) is 0.792. The molecule has 0 radical (unpaired) electrons. The number of hydrogen-bond acceptors (Lipinski definition) is 3. The maximum atomic E-state index is 11.8. The van der Waals surface area contributed by atoms with Crippen molar-refractivity contribution in [3.05, 3.63) is 57.8 Å². The third-order valence-corrected chi connectivity index (χ3v) is 3.91. The lowest BCUT2D eigenvalue weighted by Crippen LogP contribution is -2.38. The normalized spacial score (nSPS) is 11.9. The van der Waals surface area contributed by atoms with Crippen molar-refractivity contribution in [2.45, 2.75) is 19.5 Å². The van der Waals surface area contributed by atoms with Crippen molar-refractivity contribution in [2.75, 3.05) is 6.61 Å². The zero-order valence-electron chi connectivity index (χ0n) is 11.3. The van der Waals surface area contributed by atoms with E-state index >= 15 is 0 Å². The van der Waals surface area contributed by atoms with Gasteiger partial charge in [-0.05, 0) is 24.6 Å². The Bertz CT molecular complexity index is 554. The Balaban J connectivity index is 1.86. The van der Waals surface area contributed by atoms with Crippen molar-refractivity contribution in [1.82, 2.24) is 10.6 Å². The number of rotatable bonds is 5. The number of nitrogens with one attached hydrogen (secondary N) is 2. The van der Waals surface area contributed by atoms with Crippen molar-refractivity contribution in [2.24, 2.45) is 0 Å². The molecule has 0 spiro atoms. The lowest BCUT2D eigenvalue weighted by molar-refractivity contribution is 0.216. The molecule has 2 rings (SSSR count). The highest BCUT2D eigenvalue weighted by Gasteiger charge is 2.12. The van der Waals surface area contributed by atoms with Gasteiger partial charge in [0, 0.05) is 9.75 Å². The predicted octanol–water partition coefficient (Wildman–Crippen LogP) is 2.59. The second kappa shape index (κ2) is 7.07. The van der Waals surface area contributed by atoms with E-state index in [0.717, 1.165) is 10.4 Å². The van der Waals surface area contributed by atoms with Gasteiger partial charge in [0.15, 0.2) is 0 Å². The molecule has 1 atom stereocenters. The molecule has 0 saturated heterocycles. The SMILES string of the molecule is Cc1ccc(CNC(=O)N[C@H](CO)c2ccccc2)s1. The maximum absolute atomic E-state index is 11.8. The van der Waals surface area contributed by atoms with E-state index in [-0.39, 0.29) is 18.7 Å². The molecule has 1 heterocycles. The number of benzene rings is 1. The van der Waals surface area contributed by atoms with Crippen molar-refractivity contribution >= 4 is 17.4 Å². The Hall–Kier alpha value is -1.85. The average Bonchev–Trinajstić information content (AvgIpc) is 2.89. The van der Waals surface area contributed by atoms with Gasteiger partial charge in [0.05, 0.1) is 19.2 Å². The topological polar surface area (TPSA) is 61.4 Å². The molecule has 4 nitrogen and oxygen atoms in total. The fourth-order valence-corrected chi connectivity index (χ4v) is 2.71. The number of aliphatic hydroxyl groups excluding tert-OH is 1. The number of urea groups is 1. The molecule has 0 bridgehead atoms. The number of thiophene rings is 1. The van der Waals surface area contributed by atoms with Crippen LogP contribution in [0.2, 0.25) is 0 Å². The highest BCUT2D eigenvalue weighted by molar-refractivity contribution is 7.11. The number of aliphatic hydroxyl groups is 1. The Morgan fingerprint density at radius 1 is 1.25 bits per heavy atom. The average molecular weight is 290 g/mol. The molecule has 1 aromatic heterocycles. The fraction of sp³-hybridized carbons (Fsp3) is 0.267. The molecule has 0 aliphatic rings. The summed E-state index contributed by atoms with van der Waals surface area (Å²) in [5.74, 6) is 0. The van der Waals surface area contributed by atoms with Gasteiger partial charge in [0.25, 0.3) is 0 Å². The Morgan fingerprint density at radius 2 is 2.00 bits per heavy atom. The van der Waals surface area contributed by atoms with Gasteiger partial charge >= 0.3 is 6.03 Å². The largest absolute Gasteiger partial charge is 0.394 e. The van der Waals surface area contributed by atoms with Crippen LogP contribution in [0.25, 0.3) is 0 Å². The zero-order valence-corrected chi connectivity index (χ0v) is 12.1.